The first kappa shape index (κ1) is 19.7. The molecule has 0 saturated heterocycles. The highest BCUT2D eigenvalue weighted by atomic mass is 32.2. The van der Waals surface area contributed by atoms with Gasteiger partial charge in [-0.2, -0.15) is 13.2 Å². The Kier molecular flexibility index (Phi) is 4.99. The Morgan fingerprint density at radius 3 is 2.42 bits per heavy atom. The smallest absolute Gasteiger partial charge is 0.391 e. The molecule has 0 saturated carbocycles. The van der Waals surface area contributed by atoms with E-state index in [1.165, 1.54) is 6.92 Å². The number of carboxylic acid groups (broad SMARTS) is 1. The van der Waals surface area contributed by atoms with E-state index in [2.05, 4.69) is 0 Å². The average Bonchev–Trinajstić information content (AvgIpc) is 2.71. The van der Waals surface area contributed by atoms with Gasteiger partial charge in [0.2, 0.25) is 0 Å². The Morgan fingerprint density at radius 1 is 1.31 bits per heavy atom. The van der Waals surface area contributed by atoms with E-state index in [0.29, 0.717) is 4.31 Å². The van der Waals surface area contributed by atoms with Gasteiger partial charge in [0.25, 0.3) is 21.8 Å². The number of halogens is 3. The van der Waals surface area contributed by atoms with Crippen LogP contribution in [0.1, 0.15) is 34.1 Å². The molecule has 0 bridgehead atoms. The molecule has 2 amide bonds. The van der Waals surface area contributed by atoms with Crippen molar-refractivity contribution in [2.75, 3.05) is 6.54 Å². The number of nitrogens with one attached hydrogen (secondary N) is 1. The third kappa shape index (κ3) is 3.64. The SMILES string of the molecule is CCN1C(=O)c2ccc(C(=O)NC(CC(F)(F)F)C(=O)O)cc2S1(=O)=O. The quantitative estimate of drug-likeness (QED) is 0.768. The summed E-state index contributed by atoms with van der Waals surface area (Å²) in [5.74, 6) is -3.88. The number of amides is 2. The minimum Gasteiger partial charge on any atom is -0.480 e. The lowest BCUT2D eigenvalue weighted by Crippen LogP contribution is -2.43. The van der Waals surface area contributed by atoms with Crippen molar-refractivity contribution in [3.05, 3.63) is 29.3 Å². The van der Waals surface area contributed by atoms with Crippen LogP contribution >= 0.6 is 0 Å². The number of carbonyl (C=O) groups is 3. The molecule has 2 rings (SSSR count). The van der Waals surface area contributed by atoms with Crippen molar-refractivity contribution in [2.45, 2.75) is 30.5 Å². The zero-order valence-electron chi connectivity index (χ0n) is 13.2. The molecule has 8 nitrogen and oxygen atoms in total. The Balaban J connectivity index is 2.33. The predicted molar refractivity (Wildman–Crippen MR) is 79.9 cm³/mol. The van der Waals surface area contributed by atoms with Crippen molar-refractivity contribution < 1.29 is 41.1 Å². The predicted octanol–water partition coefficient (Wildman–Crippen LogP) is 0.986. The van der Waals surface area contributed by atoms with Crippen LogP contribution < -0.4 is 5.32 Å². The van der Waals surface area contributed by atoms with Crippen LogP contribution in [0.15, 0.2) is 23.1 Å². The van der Waals surface area contributed by atoms with Gasteiger partial charge >= 0.3 is 12.1 Å². The summed E-state index contributed by atoms with van der Waals surface area (Å²) in [4.78, 5) is 34.5. The molecule has 1 aliphatic heterocycles. The number of hydrogen-bond donors (Lipinski definition) is 2. The molecule has 142 valence electrons. The van der Waals surface area contributed by atoms with Gasteiger partial charge < -0.3 is 10.4 Å². The second kappa shape index (κ2) is 6.59. The van der Waals surface area contributed by atoms with E-state index in [-0.39, 0.29) is 17.7 Å². The molecule has 12 heteroatoms. The van der Waals surface area contributed by atoms with Crippen molar-refractivity contribution >= 4 is 27.8 Å². The molecule has 1 aromatic carbocycles. The number of carboxylic acids is 1. The van der Waals surface area contributed by atoms with Crippen LogP contribution in [0.5, 0.6) is 0 Å². The monoisotopic (exact) mass is 394 g/mol. The summed E-state index contributed by atoms with van der Waals surface area (Å²) in [6, 6.07) is 0.688. The van der Waals surface area contributed by atoms with Crippen molar-refractivity contribution in [3.8, 4) is 0 Å². The van der Waals surface area contributed by atoms with Crippen molar-refractivity contribution in [3.63, 3.8) is 0 Å². The van der Waals surface area contributed by atoms with Gasteiger partial charge in [0.1, 0.15) is 10.9 Å². The van der Waals surface area contributed by atoms with E-state index in [4.69, 9.17) is 5.11 Å². The van der Waals surface area contributed by atoms with E-state index in [0.717, 1.165) is 18.2 Å². The van der Waals surface area contributed by atoms with Gasteiger partial charge in [-0.25, -0.2) is 17.5 Å². The Labute approximate surface area is 145 Å². The number of benzene rings is 1. The minimum absolute atomic E-state index is 0.135. The van der Waals surface area contributed by atoms with Crippen molar-refractivity contribution in [2.24, 2.45) is 0 Å². The first-order valence-electron chi connectivity index (χ1n) is 7.20. The number of rotatable bonds is 5. The molecule has 1 aliphatic rings. The van der Waals surface area contributed by atoms with E-state index in [1.54, 1.807) is 5.32 Å². The van der Waals surface area contributed by atoms with Crippen LogP contribution in [0, 0.1) is 0 Å². The third-order valence-electron chi connectivity index (χ3n) is 3.59. The van der Waals surface area contributed by atoms with Crippen LogP contribution in [-0.4, -0.2) is 54.4 Å². The number of fused-ring (bicyclic) bond motifs is 1. The van der Waals surface area contributed by atoms with Crippen LogP contribution in [0.25, 0.3) is 0 Å². The summed E-state index contributed by atoms with van der Waals surface area (Å²) >= 11 is 0. The van der Waals surface area contributed by atoms with Crippen LogP contribution in [-0.2, 0) is 14.8 Å². The highest BCUT2D eigenvalue weighted by Crippen LogP contribution is 2.31. The largest absolute Gasteiger partial charge is 0.480 e. The van der Waals surface area contributed by atoms with Crippen LogP contribution in [0.2, 0.25) is 0 Å². The Morgan fingerprint density at radius 2 is 1.92 bits per heavy atom. The lowest BCUT2D eigenvalue weighted by atomic mass is 10.1. The maximum atomic E-state index is 12.4. The molecule has 0 radical (unpaired) electrons. The maximum absolute atomic E-state index is 12.4. The molecule has 1 atom stereocenters. The van der Waals surface area contributed by atoms with E-state index in [9.17, 15) is 36.0 Å². The number of nitrogens with zero attached hydrogens (tertiary/aromatic N) is 1. The van der Waals surface area contributed by atoms with Gasteiger partial charge in [-0.05, 0) is 25.1 Å². The second-order valence-electron chi connectivity index (χ2n) is 5.37. The van der Waals surface area contributed by atoms with Crippen LogP contribution in [0.4, 0.5) is 13.2 Å². The first-order valence-corrected chi connectivity index (χ1v) is 8.64. The van der Waals surface area contributed by atoms with E-state index in [1.807, 2.05) is 0 Å². The van der Waals surface area contributed by atoms with Gasteiger partial charge in [-0.15, -0.1) is 0 Å². The molecule has 0 fully saturated rings. The summed E-state index contributed by atoms with van der Waals surface area (Å²) in [5.41, 5.74) is -0.556. The van der Waals surface area contributed by atoms with E-state index < -0.39 is 51.3 Å². The Hall–Kier alpha value is -2.63. The summed E-state index contributed by atoms with van der Waals surface area (Å²) < 4.78 is 62.3. The molecule has 26 heavy (non-hydrogen) atoms. The highest BCUT2D eigenvalue weighted by Gasteiger charge is 2.41. The van der Waals surface area contributed by atoms with E-state index >= 15 is 0 Å². The molecule has 0 aromatic heterocycles. The summed E-state index contributed by atoms with van der Waals surface area (Å²) in [6.07, 6.45) is -6.62. The fraction of sp³-hybridized carbons (Fsp3) is 0.357. The third-order valence-corrected chi connectivity index (χ3v) is 5.49. The average molecular weight is 394 g/mol. The molecule has 1 heterocycles. The van der Waals surface area contributed by atoms with Crippen molar-refractivity contribution in [1.29, 1.82) is 0 Å². The van der Waals surface area contributed by atoms with Gasteiger partial charge in [0.15, 0.2) is 0 Å². The molecule has 0 aliphatic carbocycles. The fourth-order valence-electron chi connectivity index (χ4n) is 2.40. The molecular weight excluding hydrogens is 381 g/mol. The lowest BCUT2D eigenvalue weighted by Gasteiger charge is -2.16. The molecule has 1 aromatic rings. The molecule has 1 unspecified atom stereocenters. The minimum atomic E-state index is -4.83. The number of sulfonamides is 1. The lowest BCUT2D eigenvalue weighted by molar-refractivity contribution is -0.157. The maximum Gasteiger partial charge on any atom is 0.391 e. The topological polar surface area (TPSA) is 121 Å². The van der Waals surface area contributed by atoms with Gasteiger partial charge in [0, 0.05) is 12.1 Å². The zero-order chi connectivity index (χ0) is 19.9. The molecular formula is C14H13F3N2O6S. The number of hydrogen-bond acceptors (Lipinski definition) is 5. The number of carbonyl (C=O) groups excluding carboxylic acids is 2. The first-order chi connectivity index (χ1) is 11.9. The molecule has 2 N–H and O–H groups in total. The normalized spacial score (nSPS) is 16.9. The fourth-order valence-corrected chi connectivity index (χ4v) is 4.01. The summed E-state index contributed by atoms with van der Waals surface area (Å²) in [5, 5.41) is 10.5. The summed E-state index contributed by atoms with van der Waals surface area (Å²) in [7, 11) is -4.17. The molecule has 0 spiro atoms. The van der Waals surface area contributed by atoms with Gasteiger partial charge in [0.05, 0.1) is 12.0 Å². The van der Waals surface area contributed by atoms with Gasteiger partial charge in [-0.3, -0.25) is 9.59 Å². The van der Waals surface area contributed by atoms with Gasteiger partial charge in [-0.1, -0.05) is 0 Å². The Bertz CT molecular complexity index is 881. The number of aliphatic carboxylic acids is 1. The summed E-state index contributed by atoms with van der Waals surface area (Å²) in [6.45, 7) is 1.30. The van der Waals surface area contributed by atoms with Crippen molar-refractivity contribution in [1.82, 2.24) is 9.62 Å². The number of alkyl halides is 3. The second-order valence-corrected chi connectivity index (χ2v) is 7.20. The highest BCUT2D eigenvalue weighted by molar-refractivity contribution is 7.90. The van der Waals surface area contributed by atoms with Crippen LogP contribution in [0.3, 0.4) is 0 Å². The standard InChI is InChI=1S/C14H13F3N2O6S/c1-2-19-12(21)8-4-3-7(5-10(8)26(19,24)25)11(20)18-9(13(22)23)6-14(15,16)17/h3-5,9H,2,6H2,1H3,(H,18,20)(H,22,23). The zero-order valence-corrected chi connectivity index (χ0v) is 14.0.